The van der Waals surface area contributed by atoms with Crippen LogP contribution < -0.4 is 9.47 Å². The highest BCUT2D eigenvalue weighted by Crippen LogP contribution is 2.62. The third kappa shape index (κ3) is 3.79. The van der Waals surface area contributed by atoms with Crippen LogP contribution in [0.2, 0.25) is 0 Å². The molecule has 1 saturated heterocycles. The highest BCUT2D eigenvalue weighted by molar-refractivity contribution is 5.73. The van der Waals surface area contributed by atoms with E-state index in [1.807, 2.05) is 12.1 Å². The Morgan fingerprint density at radius 1 is 1.21 bits per heavy atom. The summed E-state index contributed by atoms with van der Waals surface area (Å²) in [4.78, 5) is 35.1. The Hall–Kier alpha value is -2.91. The molecule has 9 heteroatoms. The van der Waals surface area contributed by atoms with Crippen molar-refractivity contribution in [2.24, 2.45) is 5.92 Å². The first-order chi connectivity index (χ1) is 15.6. The molecule has 1 spiro atoms. The van der Waals surface area contributed by atoms with Gasteiger partial charge in [0, 0.05) is 36.8 Å². The van der Waals surface area contributed by atoms with Gasteiger partial charge in [0.25, 0.3) is 0 Å². The van der Waals surface area contributed by atoms with Gasteiger partial charge < -0.3 is 29.3 Å². The number of carbonyl (C=O) groups is 3. The van der Waals surface area contributed by atoms with Crippen LogP contribution in [0, 0.1) is 5.92 Å². The van der Waals surface area contributed by atoms with E-state index in [0.717, 1.165) is 24.9 Å². The van der Waals surface area contributed by atoms with Gasteiger partial charge in [-0.15, -0.1) is 0 Å². The van der Waals surface area contributed by atoms with Gasteiger partial charge in [-0.25, -0.2) is 4.79 Å². The van der Waals surface area contributed by atoms with Gasteiger partial charge in [0.05, 0.1) is 0 Å². The normalized spacial score (nSPS) is 31.3. The molecule has 1 fully saturated rings. The average molecular weight is 459 g/mol. The quantitative estimate of drug-likeness (QED) is 0.393. The number of hydrogen-bond acceptors (Lipinski definition) is 8. The predicted octanol–water partition coefficient (Wildman–Crippen LogP) is 1.44. The first-order valence-corrected chi connectivity index (χ1v) is 11.0. The largest absolute Gasteiger partial charge is 0.481 e. The van der Waals surface area contributed by atoms with Crippen LogP contribution in [0.3, 0.4) is 0 Å². The minimum atomic E-state index is -1.23. The molecule has 178 valence electrons. The number of aliphatic hydroxyl groups excluding tert-OH is 1. The molecule has 0 saturated carbocycles. The molecule has 0 amide bonds. The molecule has 9 nitrogen and oxygen atoms in total. The van der Waals surface area contributed by atoms with Gasteiger partial charge in [0.15, 0.2) is 17.6 Å². The Morgan fingerprint density at radius 3 is 2.52 bits per heavy atom. The number of benzene rings is 1. The van der Waals surface area contributed by atoms with Gasteiger partial charge in [0.1, 0.15) is 12.2 Å². The molecule has 2 bridgehead atoms. The maximum atomic E-state index is 11.7. The highest BCUT2D eigenvalue weighted by Gasteiger charge is 2.65. The van der Waals surface area contributed by atoms with Crippen molar-refractivity contribution in [3.63, 3.8) is 0 Å². The van der Waals surface area contributed by atoms with Gasteiger partial charge in [-0.3, -0.25) is 9.59 Å². The Morgan fingerprint density at radius 2 is 1.91 bits per heavy atom. The van der Waals surface area contributed by atoms with E-state index in [9.17, 15) is 14.4 Å². The van der Waals surface area contributed by atoms with Crippen LogP contribution in [0.25, 0.3) is 0 Å². The van der Waals surface area contributed by atoms with Gasteiger partial charge in [-0.2, -0.15) is 0 Å². The van der Waals surface area contributed by atoms with Crippen LogP contribution in [-0.2, 0) is 31.0 Å². The van der Waals surface area contributed by atoms with Crippen LogP contribution in [0.4, 0.5) is 0 Å². The third-order valence-corrected chi connectivity index (χ3v) is 7.03. The number of aliphatic hydroxyl groups is 1. The first-order valence-electron chi connectivity index (χ1n) is 11.0. The maximum Gasteiger partial charge on any atom is 0.332 e. The number of esters is 2. The molecular formula is C24H29NO8. The molecule has 2 heterocycles. The Labute approximate surface area is 191 Å². The number of likely N-dealkylation sites (tertiary alicyclic amines) is 1. The van der Waals surface area contributed by atoms with Crippen LogP contribution in [0.1, 0.15) is 38.3 Å². The third-order valence-electron chi connectivity index (χ3n) is 7.03. The number of carboxylic acids is 1. The fraction of sp³-hybridized carbons (Fsp3) is 0.542. The Balaban J connectivity index is 0.000000385. The summed E-state index contributed by atoms with van der Waals surface area (Å²) in [5, 5.41) is 15.8. The van der Waals surface area contributed by atoms with Gasteiger partial charge in [-0.1, -0.05) is 12.1 Å². The van der Waals surface area contributed by atoms with Gasteiger partial charge >= 0.3 is 17.9 Å². The molecule has 2 aliphatic carbocycles. The molecule has 1 unspecified atom stereocenters. The summed E-state index contributed by atoms with van der Waals surface area (Å²) in [5.74, 6) is -0.473. The number of carbonyl (C=O) groups excluding carboxylic acids is 2. The minimum absolute atomic E-state index is 0.245. The number of hydrogen-bond donors (Lipinski definition) is 2. The standard InChI is InChI=1S/C21H23NO5.C3H6O3/c1-11(23)25-16-6-4-13-10-15-14-5-7-17(26-12(2)24)20-21(14,8-9-22(15)3)18(13)19(16)27-20;1-2(4)3(5)6/h4-7,14-15,17,20H,8-10H2,1-3H3;2,4H,1H3,(H,5,6)/t14-,15+,17-,20-,21-;/m0./s1. The molecule has 0 aromatic heterocycles. The molecule has 0 radical (unpaired) electrons. The number of aliphatic carboxylic acids is 1. The maximum absolute atomic E-state index is 11.7. The second-order valence-electron chi connectivity index (χ2n) is 9.10. The van der Waals surface area contributed by atoms with E-state index in [-0.39, 0.29) is 29.4 Å². The second kappa shape index (κ2) is 8.46. The molecule has 2 N–H and O–H groups in total. The monoisotopic (exact) mass is 459 g/mol. The van der Waals surface area contributed by atoms with Gasteiger partial charge in [-0.05, 0) is 51.1 Å². The van der Waals surface area contributed by atoms with Crippen molar-refractivity contribution in [2.45, 2.75) is 63.4 Å². The minimum Gasteiger partial charge on any atom is -0.481 e. The molecule has 5 rings (SSSR count). The molecule has 6 atom stereocenters. The number of nitrogens with zero attached hydrogens (tertiary/aromatic N) is 1. The summed E-state index contributed by atoms with van der Waals surface area (Å²) in [7, 11) is 2.17. The zero-order valence-corrected chi connectivity index (χ0v) is 19.1. The summed E-state index contributed by atoms with van der Waals surface area (Å²) in [5.41, 5.74) is 2.15. The van der Waals surface area contributed by atoms with E-state index >= 15 is 0 Å². The zero-order valence-electron chi connectivity index (χ0n) is 19.1. The lowest BCUT2D eigenvalue weighted by molar-refractivity contribution is -0.152. The molecule has 4 aliphatic rings. The van der Waals surface area contributed by atoms with Crippen molar-refractivity contribution in [3.05, 3.63) is 35.4 Å². The van der Waals surface area contributed by atoms with Crippen LogP contribution >= 0.6 is 0 Å². The molecule has 33 heavy (non-hydrogen) atoms. The first kappa shape index (κ1) is 23.3. The number of piperidine rings is 1. The van der Waals surface area contributed by atoms with Crippen molar-refractivity contribution in [1.29, 1.82) is 0 Å². The zero-order chi connectivity index (χ0) is 24.1. The summed E-state index contributed by atoms with van der Waals surface area (Å²) < 4.78 is 17.5. The molecule has 1 aromatic carbocycles. The molecule has 1 aromatic rings. The number of carboxylic acid groups (broad SMARTS) is 1. The van der Waals surface area contributed by atoms with E-state index in [1.165, 1.54) is 26.3 Å². The van der Waals surface area contributed by atoms with Crippen molar-refractivity contribution in [1.82, 2.24) is 4.90 Å². The van der Waals surface area contributed by atoms with Crippen LogP contribution in [0.15, 0.2) is 24.3 Å². The van der Waals surface area contributed by atoms with E-state index in [2.05, 4.69) is 24.1 Å². The lowest BCUT2D eigenvalue weighted by Crippen LogP contribution is -2.65. The Kier molecular flexibility index (Phi) is 5.96. The summed E-state index contributed by atoms with van der Waals surface area (Å²) in [6.45, 7) is 4.97. The van der Waals surface area contributed by atoms with Crippen molar-refractivity contribution in [3.8, 4) is 11.5 Å². The van der Waals surface area contributed by atoms with E-state index < -0.39 is 18.2 Å². The van der Waals surface area contributed by atoms with Crippen LogP contribution in [-0.4, -0.2) is 71.0 Å². The van der Waals surface area contributed by atoms with E-state index in [1.54, 1.807) is 0 Å². The van der Waals surface area contributed by atoms with E-state index in [4.69, 9.17) is 24.4 Å². The molecule has 2 aliphatic heterocycles. The number of likely N-dealkylation sites (N-methyl/N-ethyl adjacent to an activating group) is 1. The van der Waals surface area contributed by atoms with Gasteiger partial charge in [0.2, 0.25) is 0 Å². The molecular weight excluding hydrogens is 430 g/mol. The van der Waals surface area contributed by atoms with Crippen LogP contribution in [0.5, 0.6) is 11.5 Å². The smallest absolute Gasteiger partial charge is 0.332 e. The number of rotatable bonds is 3. The highest BCUT2D eigenvalue weighted by atomic mass is 16.6. The second-order valence-corrected chi connectivity index (χ2v) is 9.10. The topological polar surface area (TPSA) is 123 Å². The van der Waals surface area contributed by atoms with Crippen molar-refractivity contribution in [2.75, 3.05) is 13.6 Å². The summed E-state index contributed by atoms with van der Waals surface area (Å²) >= 11 is 0. The number of ether oxygens (including phenoxy) is 3. The lowest BCUT2D eigenvalue weighted by Gasteiger charge is -2.56. The summed E-state index contributed by atoms with van der Waals surface area (Å²) in [6, 6.07) is 4.28. The Bertz CT molecular complexity index is 1020. The predicted molar refractivity (Wildman–Crippen MR) is 116 cm³/mol. The fourth-order valence-electron chi connectivity index (χ4n) is 5.74. The summed E-state index contributed by atoms with van der Waals surface area (Å²) in [6.07, 6.45) is 4.08. The SMILES string of the molecule is CC(=O)Oc1ccc2c3c1O[C@H]1[C@@H](OC(C)=O)C=C[C@H]4[C@@H](C2)N(C)CC[C@@]341.CC(O)C(=O)O. The lowest BCUT2D eigenvalue weighted by atomic mass is 9.53. The van der Waals surface area contributed by atoms with Crippen molar-refractivity contribution >= 4 is 17.9 Å². The van der Waals surface area contributed by atoms with E-state index in [0.29, 0.717) is 17.5 Å². The average Bonchev–Trinajstić information content (AvgIpc) is 3.08. The van der Waals surface area contributed by atoms with Crippen molar-refractivity contribution < 1.29 is 38.8 Å². The fourth-order valence-corrected chi connectivity index (χ4v) is 5.74.